The van der Waals surface area contributed by atoms with Crippen molar-refractivity contribution in [3.8, 4) is 0 Å². The molecule has 7 nitrogen and oxygen atoms in total. The fraction of sp³-hybridized carbons (Fsp3) is 0.625. The van der Waals surface area contributed by atoms with E-state index in [1.807, 2.05) is 19.9 Å². The SMILES string of the molecule is Cc1cc(Cn2nnc(C(=O)NC(C)(C)C3CCC3)c2C)on1. The molecule has 2 aromatic heterocycles. The fourth-order valence-corrected chi connectivity index (χ4v) is 2.94. The lowest BCUT2D eigenvalue weighted by atomic mass is 9.72. The minimum Gasteiger partial charge on any atom is -0.359 e. The first-order valence-corrected chi connectivity index (χ1v) is 8.01. The van der Waals surface area contributed by atoms with Crippen LogP contribution in [0.4, 0.5) is 0 Å². The maximum Gasteiger partial charge on any atom is 0.274 e. The highest BCUT2D eigenvalue weighted by Gasteiger charge is 2.36. The molecule has 0 unspecified atom stereocenters. The first-order valence-electron chi connectivity index (χ1n) is 8.01. The van der Waals surface area contributed by atoms with Gasteiger partial charge in [0.05, 0.1) is 11.4 Å². The van der Waals surface area contributed by atoms with Gasteiger partial charge in [0.25, 0.3) is 5.91 Å². The van der Waals surface area contributed by atoms with Crippen LogP contribution in [-0.2, 0) is 6.54 Å². The third-order valence-electron chi connectivity index (χ3n) is 4.74. The van der Waals surface area contributed by atoms with Gasteiger partial charge in [0, 0.05) is 11.6 Å². The summed E-state index contributed by atoms with van der Waals surface area (Å²) in [7, 11) is 0. The predicted octanol–water partition coefficient (Wildman–Crippen LogP) is 2.24. The van der Waals surface area contributed by atoms with Gasteiger partial charge >= 0.3 is 0 Å². The molecule has 0 radical (unpaired) electrons. The van der Waals surface area contributed by atoms with E-state index in [9.17, 15) is 4.79 Å². The van der Waals surface area contributed by atoms with Gasteiger partial charge in [-0.2, -0.15) is 0 Å². The first kappa shape index (κ1) is 15.7. The third-order valence-corrected chi connectivity index (χ3v) is 4.74. The van der Waals surface area contributed by atoms with Crippen LogP contribution in [0.15, 0.2) is 10.6 Å². The number of rotatable bonds is 5. The molecule has 2 heterocycles. The minimum atomic E-state index is -0.215. The Labute approximate surface area is 135 Å². The van der Waals surface area contributed by atoms with Gasteiger partial charge in [0.2, 0.25) is 0 Å². The highest BCUT2D eigenvalue weighted by molar-refractivity contribution is 5.93. The maximum absolute atomic E-state index is 12.5. The van der Waals surface area contributed by atoms with Crippen molar-refractivity contribution in [3.05, 3.63) is 28.9 Å². The zero-order valence-electron chi connectivity index (χ0n) is 14.1. The van der Waals surface area contributed by atoms with E-state index in [1.165, 1.54) is 19.3 Å². The molecule has 7 heteroatoms. The smallest absolute Gasteiger partial charge is 0.274 e. The average Bonchev–Trinajstić information content (AvgIpc) is 2.94. The number of hydrogen-bond donors (Lipinski definition) is 1. The highest BCUT2D eigenvalue weighted by Crippen LogP contribution is 2.35. The number of nitrogens with zero attached hydrogens (tertiary/aromatic N) is 4. The molecule has 0 saturated heterocycles. The van der Waals surface area contributed by atoms with Crippen molar-refractivity contribution in [2.45, 2.75) is 59.0 Å². The Balaban J connectivity index is 1.71. The summed E-state index contributed by atoms with van der Waals surface area (Å²) in [6.07, 6.45) is 3.59. The Kier molecular flexibility index (Phi) is 3.95. The second-order valence-electron chi connectivity index (χ2n) is 6.92. The summed E-state index contributed by atoms with van der Waals surface area (Å²) in [6, 6.07) is 1.85. The van der Waals surface area contributed by atoms with Crippen molar-refractivity contribution in [1.29, 1.82) is 0 Å². The number of hydrogen-bond acceptors (Lipinski definition) is 5. The Morgan fingerprint density at radius 1 is 1.43 bits per heavy atom. The molecule has 1 N–H and O–H groups in total. The minimum absolute atomic E-state index is 0.167. The van der Waals surface area contributed by atoms with E-state index < -0.39 is 0 Å². The molecule has 0 atom stereocenters. The monoisotopic (exact) mass is 317 g/mol. The predicted molar refractivity (Wildman–Crippen MR) is 84.0 cm³/mol. The van der Waals surface area contributed by atoms with Crippen molar-refractivity contribution in [2.75, 3.05) is 0 Å². The van der Waals surface area contributed by atoms with Gasteiger partial charge in [-0.05, 0) is 46.5 Å². The van der Waals surface area contributed by atoms with Crippen LogP contribution in [0.5, 0.6) is 0 Å². The number of carbonyl (C=O) groups is 1. The van der Waals surface area contributed by atoms with Gasteiger partial charge < -0.3 is 9.84 Å². The molecule has 1 fully saturated rings. The Bertz CT molecular complexity index is 712. The van der Waals surface area contributed by atoms with Crippen LogP contribution in [-0.4, -0.2) is 31.6 Å². The number of carbonyl (C=O) groups excluding carboxylic acids is 1. The van der Waals surface area contributed by atoms with Crippen LogP contribution in [0.3, 0.4) is 0 Å². The van der Waals surface area contributed by atoms with Gasteiger partial charge in [0.15, 0.2) is 11.5 Å². The van der Waals surface area contributed by atoms with Gasteiger partial charge in [-0.15, -0.1) is 5.10 Å². The number of aromatic nitrogens is 4. The van der Waals surface area contributed by atoms with Crippen LogP contribution >= 0.6 is 0 Å². The molecule has 0 aromatic carbocycles. The molecule has 3 rings (SSSR count). The van der Waals surface area contributed by atoms with Crippen LogP contribution in [0.1, 0.15) is 60.7 Å². The summed E-state index contributed by atoms with van der Waals surface area (Å²) in [4.78, 5) is 12.5. The second-order valence-corrected chi connectivity index (χ2v) is 6.92. The molecule has 0 spiro atoms. The third kappa shape index (κ3) is 3.13. The van der Waals surface area contributed by atoms with E-state index >= 15 is 0 Å². The quantitative estimate of drug-likeness (QED) is 0.914. The van der Waals surface area contributed by atoms with E-state index in [0.29, 0.717) is 23.9 Å². The summed E-state index contributed by atoms with van der Waals surface area (Å²) in [5.74, 6) is 1.07. The van der Waals surface area contributed by atoms with Crippen molar-refractivity contribution < 1.29 is 9.32 Å². The topological polar surface area (TPSA) is 85.8 Å². The maximum atomic E-state index is 12.5. The molecule has 124 valence electrons. The summed E-state index contributed by atoms with van der Waals surface area (Å²) in [5, 5.41) is 15.1. The van der Waals surface area contributed by atoms with E-state index in [-0.39, 0.29) is 11.4 Å². The Hall–Kier alpha value is -2.18. The molecule has 0 bridgehead atoms. The van der Waals surface area contributed by atoms with Gasteiger partial charge in [-0.25, -0.2) is 4.68 Å². The molecule has 23 heavy (non-hydrogen) atoms. The lowest BCUT2D eigenvalue weighted by Crippen LogP contribution is -2.51. The van der Waals surface area contributed by atoms with E-state index in [4.69, 9.17) is 4.52 Å². The van der Waals surface area contributed by atoms with Crippen molar-refractivity contribution in [2.24, 2.45) is 5.92 Å². The zero-order valence-corrected chi connectivity index (χ0v) is 14.1. The first-order chi connectivity index (χ1) is 10.9. The lowest BCUT2D eigenvalue weighted by Gasteiger charge is -2.40. The molecule has 2 aromatic rings. The molecular formula is C16H23N5O2. The van der Waals surface area contributed by atoms with Crippen LogP contribution < -0.4 is 5.32 Å². The summed E-state index contributed by atoms with van der Waals surface area (Å²) in [5.41, 5.74) is 1.70. The summed E-state index contributed by atoms with van der Waals surface area (Å²) >= 11 is 0. The van der Waals surface area contributed by atoms with Crippen LogP contribution in [0.25, 0.3) is 0 Å². The highest BCUT2D eigenvalue weighted by atomic mass is 16.5. The normalized spacial score (nSPS) is 15.5. The van der Waals surface area contributed by atoms with Crippen molar-refractivity contribution >= 4 is 5.91 Å². The number of nitrogens with one attached hydrogen (secondary N) is 1. The molecule has 1 aliphatic carbocycles. The van der Waals surface area contributed by atoms with E-state index in [0.717, 1.165) is 11.4 Å². The lowest BCUT2D eigenvalue weighted by molar-refractivity contribution is 0.0820. The van der Waals surface area contributed by atoms with Gasteiger partial charge in [-0.3, -0.25) is 4.79 Å². The Morgan fingerprint density at radius 3 is 2.74 bits per heavy atom. The summed E-state index contributed by atoms with van der Waals surface area (Å²) < 4.78 is 6.85. The van der Waals surface area contributed by atoms with E-state index in [2.05, 4.69) is 34.6 Å². The van der Waals surface area contributed by atoms with Gasteiger partial charge in [0.1, 0.15) is 6.54 Å². The number of aryl methyl sites for hydroxylation is 1. The van der Waals surface area contributed by atoms with Gasteiger partial charge in [-0.1, -0.05) is 16.8 Å². The number of amides is 1. The van der Waals surface area contributed by atoms with Crippen molar-refractivity contribution in [1.82, 2.24) is 25.5 Å². The fourth-order valence-electron chi connectivity index (χ4n) is 2.94. The standard InChI is InChI=1S/C16H23N5O2/c1-10-8-13(23-19-10)9-21-11(2)14(18-20-21)15(22)17-16(3,4)12-6-5-7-12/h8,12H,5-7,9H2,1-4H3,(H,17,22). The van der Waals surface area contributed by atoms with E-state index in [1.54, 1.807) is 4.68 Å². The van der Waals surface area contributed by atoms with Crippen LogP contribution in [0, 0.1) is 19.8 Å². The molecule has 1 saturated carbocycles. The Morgan fingerprint density at radius 2 is 2.17 bits per heavy atom. The zero-order chi connectivity index (χ0) is 16.6. The molecule has 1 aliphatic rings. The van der Waals surface area contributed by atoms with Crippen molar-refractivity contribution in [3.63, 3.8) is 0 Å². The van der Waals surface area contributed by atoms with Crippen LogP contribution in [0.2, 0.25) is 0 Å². The second kappa shape index (κ2) is 5.79. The summed E-state index contributed by atoms with van der Waals surface area (Å²) in [6.45, 7) is 8.27. The molecule has 1 amide bonds. The molecule has 0 aliphatic heterocycles. The largest absolute Gasteiger partial charge is 0.359 e. The average molecular weight is 317 g/mol. The molecular weight excluding hydrogens is 294 g/mol.